The van der Waals surface area contributed by atoms with Crippen LogP contribution in [0.4, 0.5) is 0 Å². The first-order chi connectivity index (χ1) is 7.53. The number of phosphoric ester groups is 1. The van der Waals surface area contributed by atoms with Crippen molar-refractivity contribution >= 4 is 13.8 Å². The number of hydrogen-bond donors (Lipinski definition) is 0. The van der Waals surface area contributed by atoms with E-state index < -0.39 is 13.8 Å². The Morgan fingerprint density at radius 2 is 2.00 bits per heavy atom. The van der Waals surface area contributed by atoms with Crippen molar-refractivity contribution in [3.05, 3.63) is 12.2 Å². The molecule has 0 unspecified atom stereocenters. The van der Waals surface area contributed by atoms with E-state index in [0.29, 0.717) is 25.2 Å². The van der Waals surface area contributed by atoms with Crippen LogP contribution in [0.25, 0.3) is 0 Å². The van der Waals surface area contributed by atoms with Gasteiger partial charge in [-0.2, -0.15) is 0 Å². The molecule has 0 aromatic rings. The Morgan fingerprint density at radius 3 is 2.56 bits per heavy atom. The topological polar surface area (TPSA) is 71.1 Å². The van der Waals surface area contributed by atoms with Gasteiger partial charge in [-0.3, -0.25) is 13.6 Å². The van der Waals surface area contributed by atoms with Gasteiger partial charge in [0.2, 0.25) is 0 Å². The number of carbonyl (C=O) groups is 1. The first-order valence-corrected chi connectivity index (χ1v) is 6.36. The highest BCUT2D eigenvalue weighted by atomic mass is 31.2. The first-order valence-electron chi connectivity index (χ1n) is 4.90. The molecule has 0 amide bonds. The number of carbonyl (C=O) groups excluding carboxylic acids is 1. The van der Waals surface area contributed by atoms with Gasteiger partial charge in [0.15, 0.2) is 0 Å². The number of esters is 1. The Bertz CT molecular complexity index is 303. The third-order valence-electron chi connectivity index (χ3n) is 1.70. The summed E-state index contributed by atoms with van der Waals surface area (Å²) in [4.78, 5) is 11.0. The van der Waals surface area contributed by atoms with Crippen LogP contribution in [0.2, 0.25) is 0 Å². The lowest BCUT2D eigenvalue weighted by atomic mass is 10.4. The van der Waals surface area contributed by atoms with Crippen molar-refractivity contribution in [1.82, 2.24) is 0 Å². The lowest BCUT2D eigenvalue weighted by molar-refractivity contribution is -0.139. The minimum absolute atomic E-state index is 0.0115. The van der Waals surface area contributed by atoms with Gasteiger partial charge < -0.3 is 4.74 Å². The Morgan fingerprint density at radius 1 is 1.38 bits per heavy atom. The van der Waals surface area contributed by atoms with Crippen LogP contribution in [-0.2, 0) is 27.7 Å². The summed E-state index contributed by atoms with van der Waals surface area (Å²) in [5.41, 5.74) is 0.303. The molecule has 1 fully saturated rings. The van der Waals surface area contributed by atoms with E-state index in [9.17, 15) is 9.36 Å². The van der Waals surface area contributed by atoms with Crippen molar-refractivity contribution in [2.24, 2.45) is 0 Å². The summed E-state index contributed by atoms with van der Waals surface area (Å²) < 4.78 is 31.0. The summed E-state index contributed by atoms with van der Waals surface area (Å²) in [6.07, 6.45) is 0.692. The van der Waals surface area contributed by atoms with Crippen molar-refractivity contribution in [2.75, 3.05) is 26.4 Å². The maximum absolute atomic E-state index is 11.6. The smallest absolute Gasteiger partial charge is 0.460 e. The largest absolute Gasteiger partial charge is 0.474 e. The third kappa shape index (κ3) is 4.45. The predicted octanol–water partition coefficient (Wildman–Crippen LogP) is 1.67. The molecular weight excluding hydrogens is 235 g/mol. The summed E-state index contributed by atoms with van der Waals surface area (Å²) in [5.74, 6) is -0.507. The zero-order chi connectivity index (χ0) is 12.0. The minimum Gasteiger partial charge on any atom is -0.460 e. The second kappa shape index (κ2) is 6.15. The molecule has 0 aliphatic carbocycles. The fourth-order valence-electron chi connectivity index (χ4n) is 0.930. The van der Waals surface area contributed by atoms with Gasteiger partial charge in [-0.05, 0) is 13.3 Å². The van der Waals surface area contributed by atoms with E-state index in [1.165, 1.54) is 0 Å². The second-order valence-corrected chi connectivity index (χ2v) is 4.89. The fourth-order valence-corrected chi connectivity index (χ4v) is 2.16. The van der Waals surface area contributed by atoms with Crippen LogP contribution in [0.5, 0.6) is 0 Å². The minimum atomic E-state index is -3.41. The van der Waals surface area contributed by atoms with Crippen LogP contribution in [-0.4, -0.2) is 32.4 Å². The summed E-state index contributed by atoms with van der Waals surface area (Å²) in [6.45, 7) is 5.62. The van der Waals surface area contributed by atoms with E-state index in [1.807, 2.05) is 0 Å². The van der Waals surface area contributed by atoms with Crippen LogP contribution in [0.1, 0.15) is 13.3 Å². The van der Waals surface area contributed by atoms with E-state index in [0.717, 1.165) is 0 Å². The molecule has 7 heteroatoms. The van der Waals surface area contributed by atoms with Gasteiger partial charge in [0.1, 0.15) is 6.61 Å². The first kappa shape index (κ1) is 13.4. The molecule has 1 aliphatic rings. The maximum Gasteiger partial charge on any atom is 0.474 e. The van der Waals surface area contributed by atoms with E-state index >= 15 is 0 Å². The summed E-state index contributed by atoms with van der Waals surface area (Å²) in [6, 6.07) is 0. The van der Waals surface area contributed by atoms with Gasteiger partial charge in [-0.1, -0.05) is 6.58 Å². The lowest BCUT2D eigenvalue weighted by Crippen LogP contribution is -2.14. The van der Waals surface area contributed by atoms with Gasteiger partial charge in [0.05, 0.1) is 19.8 Å². The highest BCUT2D eigenvalue weighted by Gasteiger charge is 2.29. The Balaban J connectivity index is 2.17. The molecule has 0 saturated carbocycles. The summed E-state index contributed by atoms with van der Waals surface area (Å²) in [7, 11) is -3.41. The third-order valence-corrected chi connectivity index (χ3v) is 3.20. The van der Waals surface area contributed by atoms with Crippen molar-refractivity contribution < 1.29 is 27.7 Å². The van der Waals surface area contributed by atoms with Crippen LogP contribution in [0.3, 0.4) is 0 Å². The molecule has 1 rings (SSSR count). The SMILES string of the molecule is C=C(C)C(=O)OCCOP1(=O)OCCCO1. The number of ether oxygens (including phenoxy) is 1. The number of rotatable bonds is 5. The quantitative estimate of drug-likeness (QED) is 0.320. The summed E-state index contributed by atoms with van der Waals surface area (Å²) in [5, 5.41) is 0. The van der Waals surface area contributed by atoms with Crippen LogP contribution in [0.15, 0.2) is 12.2 Å². The van der Waals surface area contributed by atoms with Crippen LogP contribution < -0.4 is 0 Å². The standard InChI is InChI=1S/C9H15O6P/c1-8(2)9(10)12-6-7-15-16(11)13-4-3-5-14-16/h1,3-7H2,2H3. The molecule has 1 heterocycles. The highest BCUT2D eigenvalue weighted by Crippen LogP contribution is 2.51. The molecule has 16 heavy (non-hydrogen) atoms. The molecule has 6 nitrogen and oxygen atoms in total. The molecule has 0 aromatic heterocycles. The van der Waals surface area contributed by atoms with Gasteiger partial charge in [-0.15, -0.1) is 0 Å². The lowest BCUT2D eigenvalue weighted by Gasteiger charge is -2.21. The normalized spacial score (nSPS) is 19.1. The molecule has 0 N–H and O–H groups in total. The molecule has 0 bridgehead atoms. The second-order valence-electron chi connectivity index (χ2n) is 3.22. The highest BCUT2D eigenvalue weighted by molar-refractivity contribution is 7.48. The van der Waals surface area contributed by atoms with E-state index in [4.69, 9.17) is 18.3 Å². The van der Waals surface area contributed by atoms with Crippen molar-refractivity contribution in [1.29, 1.82) is 0 Å². The van der Waals surface area contributed by atoms with Gasteiger partial charge in [0.25, 0.3) is 0 Å². The maximum atomic E-state index is 11.6. The zero-order valence-corrected chi connectivity index (χ0v) is 10.0. The van der Waals surface area contributed by atoms with Crippen LogP contribution in [0, 0.1) is 0 Å². The van der Waals surface area contributed by atoms with E-state index in [1.54, 1.807) is 6.92 Å². The van der Waals surface area contributed by atoms with Gasteiger partial charge in [0, 0.05) is 5.57 Å². The molecule has 0 radical (unpaired) electrons. The number of phosphoric acid groups is 1. The van der Waals surface area contributed by atoms with E-state index in [2.05, 4.69) is 6.58 Å². The molecule has 0 aromatic carbocycles. The van der Waals surface area contributed by atoms with Gasteiger partial charge in [-0.25, -0.2) is 9.36 Å². The van der Waals surface area contributed by atoms with Crippen LogP contribution >= 0.6 is 7.82 Å². The zero-order valence-electron chi connectivity index (χ0n) is 9.14. The Kier molecular flexibility index (Phi) is 5.15. The molecular formula is C9H15O6P. The fraction of sp³-hybridized carbons (Fsp3) is 0.667. The van der Waals surface area contributed by atoms with Crippen molar-refractivity contribution in [3.8, 4) is 0 Å². The molecule has 1 saturated heterocycles. The summed E-state index contributed by atoms with van der Waals surface area (Å²) >= 11 is 0. The molecule has 92 valence electrons. The van der Waals surface area contributed by atoms with Crippen molar-refractivity contribution in [3.63, 3.8) is 0 Å². The Labute approximate surface area is 94.1 Å². The predicted molar refractivity (Wildman–Crippen MR) is 55.9 cm³/mol. The average Bonchev–Trinajstić information content (AvgIpc) is 2.25. The van der Waals surface area contributed by atoms with E-state index in [-0.39, 0.29) is 13.2 Å². The van der Waals surface area contributed by atoms with Crippen molar-refractivity contribution in [2.45, 2.75) is 13.3 Å². The molecule has 0 atom stereocenters. The molecule has 0 spiro atoms. The average molecular weight is 250 g/mol. The Hall–Kier alpha value is -0.680. The number of hydrogen-bond acceptors (Lipinski definition) is 6. The monoisotopic (exact) mass is 250 g/mol. The molecule has 1 aliphatic heterocycles. The van der Waals surface area contributed by atoms with Gasteiger partial charge >= 0.3 is 13.8 Å².